The van der Waals surface area contributed by atoms with Crippen LogP contribution in [0.1, 0.15) is 18.1 Å². The van der Waals surface area contributed by atoms with Gasteiger partial charge in [-0.05, 0) is 17.7 Å². The summed E-state index contributed by atoms with van der Waals surface area (Å²) in [6.07, 6.45) is 0.637. The molecular formula is C16H14O2S. The van der Waals surface area contributed by atoms with Gasteiger partial charge in [-0.1, -0.05) is 48.5 Å². The Morgan fingerprint density at radius 1 is 0.947 bits per heavy atom. The van der Waals surface area contributed by atoms with E-state index in [-0.39, 0.29) is 17.3 Å². The molecule has 0 aliphatic carbocycles. The Morgan fingerprint density at radius 2 is 1.58 bits per heavy atom. The van der Waals surface area contributed by atoms with Crippen molar-refractivity contribution in [2.45, 2.75) is 22.7 Å². The molecule has 0 N–H and O–H groups in total. The third-order valence-electron chi connectivity index (χ3n) is 3.14. The standard InChI is InChI=1S/C16H14O2S/c17-16-15(19-13-9-5-2-6-10-13)11-14(18-16)12-7-3-1-4-8-12/h1-10,14-15H,11H2/t14-,15+/m0/s1. The van der Waals surface area contributed by atoms with Gasteiger partial charge < -0.3 is 4.74 Å². The van der Waals surface area contributed by atoms with E-state index in [9.17, 15) is 4.79 Å². The van der Waals surface area contributed by atoms with Gasteiger partial charge in [0, 0.05) is 11.3 Å². The van der Waals surface area contributed by atoms with E-state index in [0.29, 0.717) is 0 Å². The maximum Gasteiger partial charge on any atom is 0.320 e. The summed E-state index contributed by atoms with van der Waals surface area (Å²) in [5.41, 5.74) is 1.08. The van der Waals surface area contributed by atoms with Crippen LogP contribution in [0.3, 0.4) is 0 Å². The minimum atomic E-state index is -0.109. The second-order valence-electron chi connectivity index (χ2n) is 4.49. The summed E-state index contributed by atoms with van der Waals surface area (Å²) in [4.78, 5) is 13.0. The molecule has 19 heavy (non-hydrogen) atoms. The lowest BCUT2D eigenvalue weighted by Crippen LogP contribution is -2.08. The molecule has 3 heteroatoms. The summed E-state index contributed by atoms with van der Waals surface area (Å²) in [6.45, 7) is 0. The molecule has 0 aromatic heterocycles. The van der Waals surface area contributed by atoms with Crippen LogP contribution in [0.4, 0.5) is 0 Å². The largest absolute Gasteiger partial charge is 0.457 e. The summed E-state index contributed by atoms with van der Waals surface area (Å²) in [6, 6.07) is 19.9. The lowest BCUT2D eigenvalue weighted by Gasteiger charge is -2.08. The normalized spacial score (nSPS) is 22.2. The van der Waals surface area contributed by atoms with Gasteiger partial charge in [0.25, 0.3) is 0 Å². The van der Waals surface area contributed by atoms with E-state index in [1.165, 1.54) is 0 Å². The number of rotatable bonds is 3. The van der Waals surface area contributed by atoms with E-state index in [1.54, 1.807) is 11.8 Å². The summed E-state index contributed by atoms with van der Waals surface area (Å²) < 4.78 is 5.47. The summed E-state index contributed by atoms with van der Waals surface area (Å²) >= 11 is 1.58. The number of hydrogen-bond donors (Lipinski definition) is 0. The van der Waals surface area contributed by atoms with Gasteiger partial charge in [0.1, 0.15) is 11.4 Å². The summed E-state index contributed by atoms with van der Waals surface area (Å²) in [5.74, 6) is -0.109. The van der Waals surface area contributed by atoms with Crippen LogP contribution in [-0.2, 0) is 9.53 Å². The van der Waals surface area contributed by atoms with Crippen molar-refractivity contribution >= 4 is 17.7 Å². The zero-order valence-corrected chi connectivity index (χ0v) is 11.2. The van der Waals surface area contributed by atoms with Crippen molar-refractivity contribution in [1.82, 2.24) is 0 Å². The summed E-state index contributed by atoms with van der Waals surface area (Å²) in [7, 11) is 0. The van der Waals surface area contributed by atoms with Gasteiger partial charge in [-0.2, -0.15) is 0 Å². The molecule has 96 valence electrons. The minimum absolute atomic E-state index is 0.102. The van der Waals surface area contributed by atoms with Crippen LogP contribution in [0.5, 0.6) is 0 Å². The smallest absolute Gasteiger partial charge is 0.320 e. The molecule has 0 unspecified atom stereocenters. The first-order valence-corrected chi connectivity index (χ1v) is 7.18. The minimum Gasteiger partial charge on any atom is -0.457 e. The predicted molar refractivity (Wildman–Crippen MR) is 76.0 cm³/mol. The highest BCUT2D eigenvalue weighted by molar-refractivity contribution is 8.00. The van der Waals surface area contributed by atoms with E-state index < -0.39 is 0 Å². The van der Waals surface area contributed by atoms with Crippen LogP contribution in [0.25, 0.3) is 0 Å². The predicted octanol–water partition coefficient (Wildman–Crippen LogP) is 3.84. The Labute approximate surface area is 116 Å². The van der Waals surface area contributed by atoms with Crippen molar-refractivity contribution in [3.63, 3.8) is 0 Å². The van der Waals surface area contributed by atoms with Gasteiger partial charge in [0.05, 0.1) is 0 Å². The molecule has 2 nitrogen and oxygen atoms in total. The van der Waals surface area contributed by atoms with Crippen molar-refractivity contribution in [1.29, 1.82) is 0 Å². The topological polar surface area (TPSA) is 26.3 Å². The first-order valence-electron chi connectivity index (χ1n) is 6.30. The quantitative estimate of drug-likeness (QED) is 0.793. The molecule has 0 radical (unpaired) electrons. The second kappa shape index (κ2) is 5.49. The maximum atomic E-state index is 11.9. The average molecular weight is 270 g/mol. The van der Waals surface area contributed by atoms with Gasteiger partial charge in [-0.25, -0.2) is 0 Å². The highest BCUT2D eigenvalue weighted by Crippen LogP contribution is 2.38. The molecule has 1 saturated heterocycles. The summed E-state index contributed by atoms with van der Waals surface area (Å²) in [5, 5.41) is -0.104. The molecule has 3 rings (SSSR count). The average Bonchev–Trinajstić information content (AvgIpc) is 2.82. The van der Waals surface area contributed by atoms with E-state index in [4.69, 9.17) is 4.74 Å². The zero-order valence-electron chi connectivity index (χ0n) is 10.4. The van der Waals surface area contributed by atoms with Gasteiger partial charge >= 0.3 is 5.97 Å². The van der Waals surface area contributed by atoms with Gasteiger partial charge in [-0.15, -0.1) is 11.8 Å². The molecule has 1 aliphatic rings. The molecule has 1 fully saturated rings. The van der Waals surface area contributed by atoms with Crippen molar-refractivity contribution in [3.8, 4) is 0 Å². The van der Waals surface area contributed by atoms with Crippen molar-refractivity contribution in [2.75, 3.05) is 0 Å². The monoisotopic (exact) mass is 270 g/mol. The van der Waals surface area contributed by atoms with E-state index in [1.807, 2.05) is 60.7 Å². The SMILES string of the molecule is O=C1O[C@H](c2ccccc2)C[C@H]1Sc1ccccc1. The number of cyclic esters (lactones) is 1. The first kappa shape index (κ1) is 12.3. The Kier molecular flexibility index (Phi) is 3.56. The Hall–Kier alpha value is -1.74. The molecule has 2 aromatic carbocycles. The molecule has 0 bridgehead atoms. The molecule has 0 saturated carbocycles. The maximum absolute atomic E-state index is 11.9. The highest BCUT2D eigenvalue weighted by Gasteiger charge is 2.35. The van der Waals surface area contributed by atoms with Crippen LogP contribution >= 0.6 is 11.8 Å². The Morgan fingerprint density at radius 3 is 2.26 bits per heavy atom. The number of benzene rings is 2. The molecule has 0 spiro atoms. The molecule has 1 heterocycles. The van der Waals surface area contributed by atoms with Gasteiger partial charge in [0.2, 0.25) is 0 Å². The molecular weight excluding hydrogens is 256 g/mol. The fourth-order valence-corrected chi connectivity index (χ4v) is 3.25. The Balaban J connectivity index is 1.71. The fourth-order valence-electron chi connectivity index (χ4n) is 2.19. The third kappa shape index (κ3) is 2.82. The fraction of sp³-hybridized carbons (Fsp3) is 0.188. The van der Waals surface area contributed by atoms with Crippen molar-refractivity contribution in [2.24, 2.45) is 0 Å². The first-order chi connectivity index (χ1) is 9.33. The van der Waals surface area contributed by atoms with Crippen molar-refractivity contribution in [3.05, 3.63) is 66.2 Å². The van der Waals surface area contributed by atoms with Crippen molar-refractivity contribution < 1.29 is 9.53 Å². The Bertz CT molecular complexity index is 553. The lowest BCUT2D eigenvalue weighted by atomic mass is 10.1. The molecule has 2 aromatic rings. The van der Waals surface area contributed by atoms with Gasteiger partial charge in [-0.3, -0.25) is 4.79 Å². The third-order valence-corrected chi connectivity index (χ3v) is 4.36. The lowest BCUT2D eigenvalue weighted by molar-refractivity contribution is -0.141. The number of esters is 1. The number of thioether (sulfide) groups is 1. The number of carbonyl (C=O) groups excluding carboxylic acids is 1. The highest BCUT2D eigenvalue weighted by atomic mass is 32.2. The number of ether oxygens (including phenoxy) is 1. The van der Waals surface area contributed by atoms with E-state index >= 15 is 0 Å². The molecule has 1 aliphatic heterocycles. The number of carbonyl (C=O) groups is 1. The van der Waals surface area contributed by atoms with Crippen LogP contribution in [-0.4, -0.2) is 11.2 Å². The van der Waals surface area contributed by atoms with Crippen LogP contribution in [0.15, 0.2) is 65.6 Å². The van der Waals surface area contributed by atoms with Crippen LogP contribution < -0.4 is 0 Å². The van der Waals surface area contributed by atoms with Crippen LogP contribution in [0, 0.1) is 0 Å². The number of hydrogen-bond acceptors (Lipinski definition) is 3. The molecule has 0 amide bonds. The van der Waals surface area contributed by atoms with E-state index in [0.717, 1.165) is 16.9 Å². The molecule has 2 atom stereocenters. The van der Waals surface area contributed by atoms with Gasteiger partial charge in [0.15, 0.2) is 0 Å². The second-order valence-corrected chi connectivity index (χ2v) is 5.77. The zero-order chi connectivity index (χ0) is 13.1. The van der Waals surface area contributed by atoms with E-state index in [2.05, 4.69) is 0 Å². The van der Waals surface area contributed by atoms with Crippen LogP contribution in [0.2, 0.25) is 0 Å².